The molecule has 0 saturated carbocycles. The summed E-state index contributed by atoms with van der Waals surface area (Å²) in [6, 6.07) is 36.0. The number of imide groups is 2. The Labute approximate surface area is 694 Å². The first-order chi connectivity index (χ1) is 55.8. The molecule has 0 atom stereocenters. The quantitative estimate of drug-likeness (QED) is 0.0215. The molecular formula is C104H124N4O8. The second-order valence-electron chi connectivity index (χ2n) is 34.8. The average Bonchev–Trinajstić information content (AvgIpc) is 1.56. The minimum atomic E-state index is -0.862. The van der Waals surface area contributed by atoms with Gasteiger partial charge in [0.05, 0.1) is 55.8 Å². The lowest BCUT2D eigenvalue weighted by Gasteiger charge is -2.32. The van der Waals surface area contributed by atoms with E-state index in [2.05, 4.69) is 111 Å². The number of methoxy groups -OCH3 is 2. The van der Waals surface area contributed by atoms with Gasteiger partial charge in [-0.05, 0) is 310 Å². The third-order valence-corrected chi connectivity index (χ3v) is 24.6. The molecule has 7 aromatic rings. The van der Waals surface area contributed by atoms with Gasteiger partial charge in [0.15, 0.2) is 0 Å². The van der Waals surface area contributed by atoms with E-state index in [0.29, 0.717) is 33.6 Å². The molecule has 4 aliphatic rings. The number of benzene rings is 7. The van der Waals surface area contributed by atoms with Gasteiger partial charge in [-0.3, -0.25) is 19.2 Å². The average molecular weight is 1560 g/mol. The van der Waals surface area contributed by atoms with E-state index in [1.54, 1.807) is 38.5 Å². The van der Waals surface area contributed by atoms with Gasteiger partial charge in [0, 0.05) is 71.9 Å². The molecule has 0 aliphatic carbocycles. The van der Waals surface area contributed by atoms with E-state index in [4.69, 9.17) is 9.47 Å². The maximum atomic E-state index is 14.2. The summed E-state index contributed by atoms with van der Waals surface area (Å²) in [6.45, 7) is 25.4. The number of carbonyl (C=O) groups excluding carboxylic acids is 4. The fraction of sp³-hybridized carbons (Fsp3) is 0.481. The van der Waals surface area contributed by atoms with Crippen molar-refractivity contribution in [2.24, 2.45) is 0 Å². The minimum absolute atomic E-state index is 0.318. The Morgan fingerprint density at radius 3 is 0.698 bits per heavy atom. The van der Waals surface area contributed by atoms with E-state index in [0.717, 1.165) is 283 Å². The number of hydroxylamine groups is 4. The van der Waals surface area contributed by atoms with E-state index in [9.17, 15) is 29.6 Å². The largest absolute Gasteiger partial charge is 0.385 e. The van der Waals surface area contributed by atoms with Gasteiger partial charge in [-0.25, -0.2) is 9.80 Å². The Balaban J connectivity index is 0.945. The molecule has 0 bridgehead atoms. The highest BCUT2D eigenvalue weighted by atomic mass is 16.5. The summed E-state index contributed by atoms with van der Waals surface area (Å²) >= 11 is 0. The number of hydrogen-bond acceptors (Lipinski definition) is 8. The number of unbranched alkanes of at least 4 members (excludes halogenated alkanes) is 18. The summed E-state index contributed by atoms with van der Waals surface area (Å²) in [5, 5.41) is 29.1. The van der Waals surface area contributed by atoms with Crippen LogP contribution in [-0.4, -0.2) is 61.2 Å². The van der Waals surface area contributed by atoms with Crippen molar-refractivity contribution in [3.8, 4) is 47.4 Å². The van der Waals surface area contributed by atoms with Crippen LogP contribution in [0.4, 0.5) is 11.4 Å². The number of fused-ring (bicyclic) bond motifs is 4. The second kappa shape index (κ2) is 39.8. The number of rotatable bonds is 36. The number of aryl methyl sites for hydroxylation is 6. The lowest BCUT2D eigenvalue weighted by atomic mass is 9.87. The number of nitrogens with zero attached hydrogens (tertiary/aromatic N) is 4. The summed E-state index contributed by atoms with van der Waals surface area (Å²) in [4.78, 5) is 59.1. The monoisotopic (exact) mass is 1560 g/mol. The highest BCUT2D eigenvalue weighted by Crippen LogP contribution is 2.52. The molecule has 2 radical (unpaired) electrons. The number of carbonyl (C=O) groups is 4. The number of anilines is 2. The lowest BCUT2D eigenvalue weighted by molar-refractivity contribution is -0.266. The predicted octanol–water partition coefficient (Wildman–Crippen LogP) is 23.1. The van der Waals surface area contributed by atoms with Gasteiger partial charge in [0.1, 0.15) is 0 Å². The smallest absolute Gasteiger partial charge is 0.266 e. The minimum Gasteiger partial charge on any atom is -0.385 e. The molecule has 0 fully saturated rings. The summed E-state index contributed by atoms with van der Waals surface area (Å²) in [7, 11) is 3.56. The molecule has 7 aromatic carbocycles. The maximum absolute atomic E-state index is 14.2. The van der Waals surface area contributed by atoms with Gasteiger partial charge in [-0.15, -0.1) is 20.5 Å². The molecule has 116 heavy (non-hydrogen) atoms. The molecule has 0 unspecified atom stereocenters. The molecule has 0 aromatic heterocycles. The van der Waals surface area contributed by atoms with Gasteiger partial charge < -0.3 is 9.47 Å². The molecule has 0 spiro atoms. The number of ether oxygens (including phenoxy) is 2. The van der Waals surface area contributed by atoms with Crippen molar-refractivity contribution >= 4 is 35.0 Å². The Kier molecular flexibility index (Phi) is 30.1. The first kappa shape index (κ1) is 87.7. The first-order valence-corrected chi connectivity index (χ1v) is 43.7. The Hall–Kier alpha value is -9.18. The molecule has 0 saturated heterocycles. The van der Waals surface area contributed by atoms with Crippen LogP contribution >= 0.6 is 0 Å². The van der Waals surface area contributed by atoms with Crippen molar-refractivity contribution in [1.29, 1.82) is 0 Å². The van der Waals surface area contributed by atoms with Crippen LogP contribution in [0.15, 0.2) is 109 Å². The van der Waals surface area contributed by atoms with Crippen LogP contribution in [0.25, 0.3) is 0 Å². The van der Waals surface area contributed by atoms with Crippen LogP contribution in [0.1, 0.15) is 379 Å². The van der Waals surface area contributed by atoms with Crippen molar-refractivity contribution in [2.75, 3.05) is 37.2 Å². The molecule has 608 valence electrons. The topological polar surface area (TPSA) is 139 Å². The van der Waals surface area contributed by atoms with Gasteiger partial charge in [-0.1, -0.05) is 178 Å². The first-order valence-electron chi connectivity index (χ1n) is 43.7. The molecule has 11 rings (SSSR count). The zero-order valence-corrected chi connectivity index (χ0v) is 72.1. The normalized spacial score (nSPS) is 15.3. The van der Waals surface area contributed by atoms with Crippen LogP contribution in [0, 0.1) is 47.4 Å². The molecule has 4 amide bonds. The fourth-order valence-corrected chi connectivity index (χ4v) is 17.6. The van der Waals surface area contributed by atoms with Crippen LogP contribution < -0.4 is 9.80 Å². The highest BCUT2D eigenvalue weighted by molar-refractivity contribution is 6.35. The van der Waals surface area contributed by atoms with Crippen LogP contribution in [-0.2, 0) is 80.6 Å². The van der Waals surface area contributed by atoms with Crippen molar-refractivity contribution in [3.05, 3.63) is 232 Å². The Bertz CT molecular complexity index is 4570. The Morgan fingerprint density at radius 1 is 0.276 bits per heavy atom. The molecular weight excluding hydrogens is 1430 g/mol. The van der Waals surface area contributed by atoms with Gasteiger partial charge in [0.2, 0.25) is 0 Å². The summed E-state index contributed by atoms with van der Waals surface area (Å²) < 4.78 is 11.0. The SMILES string of the molecule is CCCCCCc1cc(C#Cc2cc(CCCCCCOC)c(C#Cc3cc(CCCCCC)c(C#Cc4ccc(N5C(=O)c6cc7c(cc6C5=O)C(C)(C)N([O])C7(C)C)cc4)cc3CCCCCC)cc2CCCCCCOC)c(CCCCCC)cc1C#Cc1ccc(N2C(=O)c3cc4c(cc3C2=O)C(C)(C)N([O])C4(C)C)cc1. The van der Waals surface area contributed by atoms with E-state index in [1.165, 1.54) is 43.2 Å². The zero-order valence-electron chi connectivity index (χ0n) is 72.1. The molecule has 4 aliphatic heterocycles. The summed E-state index contributed by atoms with van der Waals surface area (Å²) in [5.41, 5.74) is 16.9. The van der Waals surface area contributed by atoms with Crippen molar-refractivity contribution in [1.82, 2.24) is 10.1 Å². The predicted molar refractivity (Wildman–Crippen MR) is 468 cm³/mol. The third-order valence-electron chi connectivity index (χ3n) is 24.6. The van der Waals surface area contributed by atoms with Gasteiger partial charge in [0.25, 0.3) is 23.6 Å². The fourth-order valence-electron chi connectivity index (χ4n) is 17.6. The third kappa shape index (κ3) is 19.8. The number of hydrogen-bond donors (Lipinski definition) is 0. The molecule has 12 heteroatoms. The van der Waals surface area contributed by atoms with Gasteiger partial charge >= 0.3 is 0 Å². The van der Waals surface area contributed by atoms with Crippen molar-refractivity contribution in [2.45, 2.75) is 298 Å². The number of amides is 4. The Morgan fingerprint density at radius 2 is 0.483 bits per heavy atom. The van der Waals surface area contributed by atoms with E-state index < -0.39 is 45.8 Å². The van der Waals surface area contributed by atoms with Crippen LogP contribution in [0.5, 0.6) is 0 Å². The summed E-state index contributed by atoms with van der Waals surface area (Å²) in [5.74, 6) is 28.2. The molecule has 12 nitrogen and oxygen atoms in total. The van der Waals surface area contributed by atoms with Crippen molar-refractivity contribution in [3.63, 3.8) is 0 Å². The molecule has 4 heterocycles. The van der Waals surface area contributed by atoms with E-state index in [-0.39, 0.29) is 0 Å². The van der Waals surface area contributed by atoms with Crippen LogP contribution in [0.3, 0.4) is 0 Å². The van der Waals surface area contributed by atoms with Gasteiger partial charge in [-0.2, -0.15) is 0 Å². The zero-order chi connectivity index (χ0) is 82.9. The standard InChI is InChI=1S/C104H124N4O8/c1-15-19-23-31-39-75-65-83(77(41-33-25-21-17-3)63-81(75)51-45-73-47-57-87(58-48-73)105-97(109)89-69-93-94(70-90(89)98(105)110)102(7,8)107(113)101(93,5)6)53-55-85-67-80(44-36-28-30-38-62-116-14)86(68-79(85)43-35-27-29-37-61-115-13)56-54-84-66-76(40-32-24-20-16-2)82(64-78(84)42-34-26-22-18-4)52-46-74-49-59-88(60-50-74)106-99(111)91-71-95-96(72-92(91)100(106)112)104(11,12)108(114)103(95,9)10/h47-50,57-60,63-72H,15-44,61-62H2,1-14H3. The van der Waals surface area contributed by atoms with E-state index >= 15 is 0 Å². The lowest BCUT2D eigenvalue weighted by Crippen LogP contribution is -2.41. The molecule has 0 N–H and O–H groups in total. The summed E-state index contributed by atoms with van der Waals surface area (Å²) in [6.07, 6.45) is 31.5. The maximum Gasteiger partial charge on any atom is 0.266 e. The van der Waals surface area contributed by atoms with Crippen molar-refractivity contribution < 1.29 is 39.1 Å². The second-order valence-corrected chi connectivity index (χ2v) is 34.8. The highest BCUT2D eigenvalue weighted by Gasteiger charge is 2.54. The van der Waals surface area contributed by atoms with Crippen LogP contribution in [0.2, 0.25) is 0 Å². The van der Waals surface area contributed by atoms with E-state index in [1.807, 2.05) is 104 Å².